The van der Waals surface area contributed by atoms with Crippen molar-refractivity contribution in [2.24, 2.45) is 5.73 Å². The summed E-state index contributed by atoms with van der Waals surface area (Å²) in [5.74, 6) is -0.859. The topological polar surface area (TPSA) is 81.4 Å². The molecule has 0 heterocycles. The third-order valence-electron chi connectivity index (χ3n) is 3.31. The maximum absolute atomic E-state index is 12.3. The van der Waals surface area contributed by atoms with E-state index in [9.17, 15) is 9.59 Å². The Hall–Kier alpha value is -2.18. The van der Waals surface area contributed by atoms with Gasteiger partial charge >= 0.3 is 5.97 Å². The van der Waals surface area contributed by atoms with Crippen molar-refractivity contribution in [2.45, 2.75) is 19.1 Å². The van der Waals surface area contributed by atoms with Crippen LogP contribution in [0.25, 0.3) is 0 Å². The highest BCUT2D eigenvalue weighted by Crippen LogP contribution is 2.07. The molecule has 0 saturated heterocycles. The van der Waals surface area contributed by atoms with Gasteiger partial charge in [0.05, 0.1) is 6.54 Å². The van der Waals surface area contributed by atoms with E-state index in [0.717, 1.165) is 11.1 Å². The largest absolute Gasteiger partial charge is 0.459 e. The number of esters is 1. The highest BCUT2D eigenvalue weighted by molar-refractivity contribution is 8.93. The van der Waals surface area contributed by atoms with Crippen molar-refractivity contribution in [2.75, 3.05) is 6.54 Å². The van der Waals surface area contributed by atoms with Gasteiger partial charge in [-0.1, -0.05) is 60.7 Å². The zero-order valence-electron chi connectivity index (χ0n) is 13.2. The van der Waals surface area contributed by atoms with Gasteiger partial charge in [-0.05, 0) is 11.1 Å². The van der Waals surface area contributed by atoms with Crippen molar-refractivity contribution >= 4 is 28.9 Å². The lowest BCUT2D eigenvalue weighted by molar-refractivity contribution is -0.149. The van der Waals surface area contributed by atoms with Gasteiger partial charge in [0.25, 0.3) is 0 Å². The number of nitrogens with one attached hydrogen (secondary N) is 1. The monoisotopic (exact) mass is 392 g/mol. The summed E-state index contributed by atoms with van der Waals surface area (Å²) < 4.78 is 5.31. The molecule has 2 aromatic carbocycles. The number of ether oxygens (including phenoxy) is 1. The Labute approximate surface area is 152 Å². The fourth-order valence-electron chi connectivity index (χ4n) is 2.13. The summed E-state index contributed by atoms with van der Waals surface area (Å²) in [7, 11) is 0. The summed E-state index contributed by atoms with van der Waals surface area (Å²) in [6.45, 7) is 0.000708. The molecule has 0 aliphatic carbocycles. The lowest BCUT2D eigenvalue weighted by atomic mass is 10.1. The normalized spacial score (nSPS) is 11.0. The smallest absolute Gasteiger partial charge is 0.329 e. The average Bonchev–Trinajstić information content (AvgIpc) is 2.60. The Morgan fingerprint density at radius 1 is 0.958 bits per heavy atom. The van der Waals surface area contributed by atoms with Gasteiger partial charge in [-0.15, -0.1) is 17.0 Å². The van der Waals surface area contributed by atoms with Crippen LogP contribution in [0.4, 0.5) is 0 Å². The number of hydrogen-bond acceptors (Lipinski definition) is 4. The van der Waals surface area contributed by atoms with Gasteiger partial charge in [-0.3, -0.25) is 4.79 Å². The summed E-state index contributed by atoms with van der Waals surface area (Å²) in [6, 6.07) is 18.1. The molecule has 2 aromatic rings. The summed E-state index contributed by atoms with van der Waals surface area (Å²) in [5.41, 5.74) is 7.14. The molecule has 0 aliphatic heterocycles. The summed E-state index contributed by atoms with van der Waals surface area (Å²) >= 11 is 0. The second kappa shape index (κ2) is 10.6. The summed E-state index contributed by atoms with van der Waals surface area (Å²) in [5, 5.41) is 2.61. The molecule has 0 unspecified atom stereocenters. The fourth-order valence-corrected chi connectivity index (χ4v) is 2.13. The van der Waals surface area contributed by atoms with Crippen molar-refractivity contribution < 1.29 is 14.3 Å². The maximum Gasteiger partial charge on any atom is 0.329 e. The standard InChI is InChI=1S/C18H20N2O3.BrH/c19-12-17(21)20-16(11-14-7-3-1-4-8-14)18(22)23-13-15-9-5-2-6-10-15;/h1-10,16H,11-13,19H2,(H,20,21);1H/t16-;/m0./s1. The Balaban J connectivity index is 0.00000288. The molecule has 0 aliphatic rings. The first kappa shape index (κ1) is 19.9. The van der Waals surface area contributed by atoms with E-state index in [1.807, 2.05) is 60.7 Å². The van der Waals surface area contributed by atoms with Crippen LogP contribution in [0.15, 0.2) is 60.7 Å². The van der Waals surface area contributed by atoms with Crippen LogP contribution in [0.1, 0.15) is 11.1 Å². The molecule has 6 heteroatoms. The summed E-state index contributed by atoms with van der Waals surface area (Å²) in [6.07, 6.45) is 0.361. The van der Waals surface area contributed by atoms with E-state index >= 15 is 0 Å². The molecule has 3 N–H and O–H groups in total. The number of carbonyl (C=O) groups is 2. The molecule has 0 saturated carbocycles. The lowest BCUT2D eigenvalue weighted by Gasteiger charge is -2.17. The number of benzene rings is 2. The predicted octanol–water partition coefficient (Wildman–Crippen LogP) is 1.99. The van der Waals surface area contributed by atoms with Gasteiger partial charge in [0.2, 0.25) is 5.91 Å². The fraction of sp³-hybridized carbons (Fsp3) is 0.222. The second-order valence-corrected chi connectivity index (χ2v) is 5.11. The molecule has 5 nitrogen and oxygen atoms in total. The van der Waals surface area contributed by atoms with Crippen molar-refractivity contribution in [3.63, 3.8) is 0 Å². The van der Waals surface area contributed by atoms with Gasteiger partial charge < -0.3 is 15.8 Å². The van der Waals surface area contributed by atoms with Crippen molar-refractivity contribution in [1.82, 2.24) is 5.32 Å². The first-order valence-corrected chi connectivity index (χ1v) is 7.43. The number of hydrogen-bond donors (Lipinski definition) is 2. The predicted molar refractivity (Wildman–Crippen MR) is 97.7 cm³/mol. The van der Waals surface area contributed by atoms with Gasteiger partial charge in [0.1, 0.15) is 12.6 Å². The van der Waals surface area contributed by atoms with Gasteiger partial charge in [0, 0.05) is 6.42 Å². The van der Waals surface area contributed by atoms with Crippen LogP contribution < -0.4 is 11.1 Å². The highest BCUT2D eigenvalue weighted by Gasteiger charge is 2.22. The third kappa shape index (κ3) is 6.52. The van der Waals surface area contributed by atoms with Crippen molar-refractivity contribution in [3.8, 4) is 0 Å². The molecule has 24 heavy (non-hydrogen) atoms. The molecule has 1 amide bonds. The zero-order chi connectivity index (χ0) is 16.5. The zero-order valence-corrected chi connectivity index (χ0v) is 14.9. The third-order valence-corrected chi connectivity index (χ3v) is 3.31. The van der Waals surface area contributed by atoms with Crippen LogP contribution in [0.3, 0.4) is 0 Å². The Morgan fingerprint density at radius 2 is 1.50 bits per heavy atom. The SMILES string of the molecule is Br.NCC(=O)N[C@@H](Cc1ccccc1)C(=O)OCc1ccccc1. The first-order valence-electron chi connectivity index (χ1n) is 7.43. The molecule has 0 fully saturated rings. The average molecular weight is 393 g/mol. The maximum atomic E-state index is 12.3. The Morgan fingerprint density at radius 3 is 2.04 bits per heavy atom. The minimum Gasteiger partial charge on any atom is -0.459 e. The first-order chi connectivity index (χ1) is 11.2. The number of carbonyl (C=O) groups excluding carboxylic acids is 2. The number of amides is 1. The van der Waals surface area contributed by atoms with E-state index in [2.05, 4.69) is 5.32 Å². The molecule has 1 atom stereocenters. The minimum atomic E-state index is -0.753. The van der Waals surface area contributed by atoms with Crippen LogP contribution in [0.2, 0.25) is 0 Å². The number of rotatable bonds is 7. The van der Waals surface area contributed by atoms with Gasteiger partial charge in [0.15, 0.2) is 0 Å². The van der Waals surface area contributed by atoms with Crippen LogP contribution in [-0.2, 0) is 27.4 Å². The second-order valence-electron chi connectivity index (χ2n) is 5.11. The number of nitrogens with two attached hydrogens (primary N) is 1. The van der Waals surface area contributed by atoms with Gasteiger partial charge in [-0.2, -0.15) is 0 Å². The van der Waals surface area contributed by atoms with E-state index in [1.54, 1.807) is 0 Å². The highest BCUT2D eigenvalue weighted by atomic mass is 79.9. The van der Waals surface area contributed by atoms with Gasteiger partial charge in [-0.25, -0.2) is 4.79 Å². The Kier molecular flexibility index (Phi) is 8.75. The van der Waals surface area contributed by atoms with E-state index in [0.29, 0.717) is 6.42 Å². The van der Waals surface area contributed by atoms with Crippen LogP contribution in [-0.4, -0.2) is 24.5 Å². The van der Waals surface area contributed by atoms with E-state index in [4.69, 9.17) is 10.5 Å². The quantitative estimate of drug-likeness (QED) is 0.705. The Bertz CT molecular complexity index is 635. The van der Waals surface area contributed by atoms with Crippen LogP contribution in [0, 0.1) is 0 Å². The van der Waals surface area contributed by atoms with Crippen LogP contribution in [0.5, 0.6) is 0 Å². The molecule has 128 valence electrons. The molecule has 0 radical (unpaired) electrons. The van der Waals surface area contributed by atoms with E-state index in [1.165, 1.54) is 0 Å². The van der Waals surface area contributed by atoms with E-state index < -0.39 is 12.0 Å². The van der Waals surface area contributed by atoms with Crippen molar-refractivity contribution in [3.05, 3.63) is 71.8 Å². The number of halogens is 1. The van der Waals surface area contributed by atoms with Crippen molar-refractivity contribution in [1.29, 1.82) is 0 Å². The molecule has 2 rings (SSSR count). The summed E-state index contributed by atoms with van der Waals surface area (Å²) in [4.78, 5) is 23.8. The molecular formula is C18H21BrN2O3. The van der Waals surface area contributed by atoms with E-state index in [-0.39, 0.29) is 36.0 Å². The molecular weight excluding hydrogens is 372 g/mol. The molecule has 0 aromatic heterocycles. The minimum absolute atomic E-state index is 0. The van der Waals surface area contributed by atoms with Crippen LogP contribution >= 0.6 is 17.0 Å². The molecule has 0 bridgehead atoms. The lowest BCUT2D eigenvalue weighted by Crippen LogP contribution is -2.45. The molecule has 0 spiro atoms.